The van der Waals surface area contributed by atoms with Crippen LogP contribution in [0.3, 0.4) is 0 Å². The van der Waals surface area contributed by atoms with Crippen molar-refractivity contribution in [3.8, 4) is 0 Å². The number of sulfonamides is 1. The molecule has 0 bridgehead atoms. The zero-order valence-electron chi connectivity index (χ0n) is 16.5. The van der Waals surface area contributed by atoms with Crippen LogP contribution in [0.4, 0.5) is 0 Å². The number of amides is 1. The van der Waals surface area contributed by atoms with E-state index in [9.17, 15) is 13.2 Å². The molecule has 3 rings (SSSR count). The zero-order chi connectivity index (χ0) is 21.9. The van der Waals surface area contributed by atoms with Crippen LogP contribution < -0.4 is 0 Å². The summed E-state index contributed by atoms with van der Waals surface area (Å²) in [6.07, 6.45) is 1.28. The molecule has 0 N–H and O–H groups in total. The van der Waals surface area contributed by atoms with E-state index in [1.54, 1.807) is 42.3 Å². The van der Waals surface area contributed by atoms with Crippen LogP contribution in [-0.2, 0) is 27.1 Å². The Morgan fingerprint density at radius 2 is 1.73 bits per heavy atom. The SMILES string of the molecule is CN(Cc1ccc(Cl)cc1)C(=O)C1CCCN(S(=O)(=O)Cc2c(Cl)cccc2Cl)C1. The second-order valence-electron chi connectivity index (χ2n) is 7.47. The van der Waals surface area contributed by atoms with Crippen LogP contribution >= 0.6 is 34.8 Å². The molecule has 1 aliphatic heterocycles. The van der Waals surface area contributed by atoms with Crippen molar-refractivity contribution in [1.29, 1.82) is 0 Å². The van der Waals surface area contributed by atoms with Gasteiger partial charge in [0.15, 0.2) is 0 Å². The zero-order valence-corrected chi connectivity index (χ0v) is 19.6. The highest BCUT2D eigenvalue weighted by Gasteiger charge is 2.34. The second kappa shape index (κ2) is 9.88. The lowest BCUT2D eigenvalue weighted by Crippen LogP contribution is -2.46. The standard InChI is InChI=1S/C21H23Cl3N2O3S/c1-25(12-15-7-9-17(22)10-8-15)21(27)16-4-3-11-26(13-16)30(28,29)14-18-19(23)5-2-6-20(18)24/h2,5-10,16H,3-4,11-14H2,1H3. The first kappa shape index (κ1) is 23.4. The molecule has 1 aliphatic rings. The highest BCUT2D eigenvalue weighted by molar-refractivity contribution is 7.88. The molecule has 9 heteroatoms. The first-order valence-electron chi connectivity index (χ1n) is 9.57. The maximum atomic E-state index is 13.0. The molecule has 1 unspecified atom stereocenters. The highest BCUT2D eigenvalue weighted by atomic mass is 35.5. The minimum absolute atomic E-state index is 0.0689. The van der Waals surface area contributed by atoms with Crippen molar-refractivity contribution in [2.24, 2.45) is 5.92 Å². The van der Waals surface area contributed by atoms with Crippen molar-refractivity contribution in [1.82, 2.24) is 9.21 Å². The molecular weight excluding hydrogens is 467 g/mol. The fourth-order valence-electron chi connectivity index (χ4n) is 3.59. The van der Waals surface area contributed by atoms with Gasteiger partial charge in [-0.15, -0.1) is 0 Å². The van der Waals surface area contributed by atoms with Crippen LogP contribution in [0.15, 0.2) is 42.5 Å². The summed E-state index contributed by atoms with van der Waals surface area (Å²) in [6, 6.07) is 12.2. The van der Waals surface area contributed by atoms with Gasteiger partial charge in [0.05, 0.1) is 11.7 Å². The van der Waals surface area contributed by atoms with Crippen LogP contribution in [0.25, 0.3) is 0 Å². The monoisotopic (exact) mass is 488 g/mol. The Morgan fingerprint density at radius 1 is 1.10 bits per heavy atom. The van der Waals surface area contributed by atoms with Gasteiger partial charge in [-0.1, -0.05) is 53.0 Å². The first-order valence-corrected chi connectivity index (χ1v) is 12.3. The summed E-state index contributed by atoms with van der Waals surface area (Å²) >= 11 is 18.2. The third-order valence-corrected chi connectivity index (χ3v) is 7.96. The Bertz CT molecular complexity index is 992. The number of halogens is 3. The van der Waals surface area contributed by atoms with Crippen LogP contribution in [0.2, 0.25) is 15.1 Å². The van der Waals surface area contributed by atoms with E-state index in [0.717, 1.165) is 5.56 Å². The summed E-state index contributed by atoms with van der Waals surface area (Å²) in [5, 5.41) is 1.27. The van der Waals surface area contributed by atoms with E-state index in [2.05, 4.69) is 0 Å². The van der Waals surface area contributed by atoms with E-state index < -0.39 is 10.0 Å². The average molecular weight is 490 g/mol. The van der Waals surface area contributed by atoms with E-state index in [-0.39, 0.29) is 24.1 Å². The van der Waals surface area contributed by atoms with Gasteiger partial charge in [0, 0.05) is 47.3 Å². The Labute approximate surface area is 192 Å². The molecule has 0 radical (unpaired) electrons. The van der Waals surface area contributed by atoms with Crippen LogP contribution in [0, 0.1) is 5.92 Å². The molecule has 1 fully saturated rings. The van der Waals surface area contributed by atoms with Crippen molar-refractivity contribution in [2.75, 3.05) is 20.1 Å². The summed E-state index contributed by atoms with van der Waals surface area (Å²) in [6.45, 7) is 0.984. The lowest BCUT2D eigenvalue weighted by atomic mass is 9.98. The highest BCUT2D eigenvalue weighted by Crippen LogP contribution is 2.29. The van der Waals surface area contributed by atoms with E-state index in [1.807, 2.05) is 12.1 Å². The predicted octanol–water partition coefficient (Wildman–Crippen LogP) is 4.85. The minimum Gasteiger partial charge on any atom is -0.341 e. The van der Waals surface area contributed by atoms with E-state index >= 15 is 0 Å². The van der Waals surface area contributed by atoms with Gasteiger partial charge in [0.25, 0.3) is 0 Å². The summed E-state index contributed by atoms with van der Waals surface area (Å²) in [7, 11) is -1.93. The second-order valence-corrected chi connectivity index (χ2v) is 10.7. The van der Waals surface area contributed by atoms with Gasteiger partial charge in [-0.05, 0) is 42.7 Å². The summed E-state index contributed by atoms with van der Waals surface area (Å²) in [4.78, 5) is 14.6. The molecule has 1 heterocycles. The molecule has 0 saturated carbocycles. The summed E-state index contributed by atoms with van der Waals surface area (Å²) < 4.78 is 27.4. The third kappa shape index (κ3) is 5.68. The number of carbonyl (C=O) groups excluding carboxylic acids is 1. The minimum atomic E-state index is -3.66. The van der Waals surface area contributed by atoms with E-state index in [0.29, 0.717) is 46.6 Å². The number of hydrogen-bond donors (Lipinski definition) is 0. The van der Waals surface area contributed by atoms with Gasteiger partial charge >= 0.3 is 0 Å². The van der Waals surface area contributed by atoms with Gasteiger partial charge in [-0.25, -0.2) is 12.7 Å². The molecule has 1 amide bonds. The van der Waals surface area contributed by atoms with Crippen LogP contribution in [-0.4, -0.2) is 43.7 Å². The first-order chi connectivity index (χ1) is 14.2. The van der Waals surface area contributed by atoms with E-state index in [4.69, 9.17) is 34.8 Å². The van der Waals surface area contributed by atoms with Crippen molar-refractivity contribution in [3.05, 3.63) is 68.7 Å². The number of piperidine rings is 1. The molecule has 5 nitrogen and oxygen atoms in total. The maximum Gasteiger partial charge on any atom is 0.227 e. The Balaban J connectivity index is 1.67. The van der Waals surface area contributed by atoms with E-state index in [1.165, 1.54) is 4.31 Å². The average Bonchev–Trinajstić information content (AvgIpc) is 2.72. The van der Waals surface area contributed by atoms with Gasteiger partial charge in [-0.2, -0.15) is 0 Å². The normalized spacial score (nSPS) is 17.7. The lowest BCUT2D eigenvalue weighted by Gasteiger charge is -2.33. The quantitative estimate of drug-likeness (QED) is 0.583. The van der Waals surface area contributed by atoms with Gasteiger partial charge in [-0.3, -0.25) is 4.79 Å². The van der Waals surface area contributed by atoms with Gasteiger partial charge in [0.1, 0.15) is 0 Å². The molecule has 0 aromatic heterocycles. The molecule has 0 aliphatic carbocycles. The van der Waals surface area contributed by atoms with Gasteiger partial charge < -0.3 is 4.90 Å². The Morgan fingerprint density at radius 3 is 2.37 bits per heavy atom. The number of carbonyl (C=O) groups is 1. The molecule has 1 atom stereocenters. The maximum absolute atomic E-state index is 13.0. The number of benzene rings is 2. The summed E-state index contributed by atoms with van der Waals surface area (Å²) in [5.41, 5.74) is 1.35. The van der Waals surface area contributed by atoms with Crippen molar-refractivity contribution < 1.29 is 13.2 Å². The Hall–Kier alpha value is -1.31. The smallest absolute Gasteiger partial charge is 0.227 e. The van der Waals surface area contributed by atoms with Gasteiger partial charge in [0.2, 0.25) is 15.9 Å². The molecule has 2 aromatic rings. The number of rotatable bonds is 6. The van der Waals surface area contributed by atoms with Crippen molar-refractivity contribution >= 4 is 50.7 Å². The summed E-state index contributed by atoms with van der Waals surface area (Å²) in [5.74, 6) is -0.735. The number of hydrogen-bond acceptors (Lipinski definition) is 3. The fourth-order valence-corrected chi connectivity index (χ4v) is 6.08. The molecule has 1 saturated heterocycles. The topological polar surface area (TPSA) is 57.7 Å². The molecule has 30 heavy (non-hydrogen) atoms. The lowest BCUT2D eigenvalue weighted by molar-refractivity contribution is -0.135. The largest absolute Gasteiger partial charge is 0.341 e. The molecule has 162 valence electrons. The molecule has 0 spiro atoms. The number of nitrogens with zero attached hydrogens (tertiary/aromatic N) is 2. The fraction of sp³-hybridized carbons (Fsp3) is 0.381. The van der Waals surface area contributed by atoms with Crippen LogP contribution in [0.5, 0.6) is 0 Å². The van der Waals surface area contributed by atoms with Crippen molar-refractivity contribution in [2.45, 2.75) is 25.1 Å². The third-order valence-electron chi connectivity index (χ3n) is 5.22. The molecular formula is C21H23Cl3N2O3S. The van der Waals surface area contributed by atoms with Crippen LogP contribution in [0.1, 0.15) is 24.0 Å². The molecule has 2 aromatic carbocycles. The predicted molar refractivity (Wildman–Crippen MR) is 121 cm³/mol. The Kier molecular flexibility index (Phi) is 7.69. The van der Waals surface area contributed by atoms with Crippen molar-refractivity contribution in [3.63, 3.8) is 0 Å².